The zero-order valence-electron chi connectivity index (χ0n) is 9.51. The van der Waals surface area contributed by atoms with Gasteiger partial charge in [-0.1, -0.05) is 15.9 Å². The number of rotatable bonds is 5. The van der Waals surface area contributed by atoms with Crippen molar-refractivity contribution in [1.29, 1.82) is 0 Å². The van der Waals surface area contributed by atoms with Crippen LogP contribution in [0.15, 0.2) is 27.6 Å². The van der Waals surface area contributed by atoms with E-state index in [0.29, 0.717) is 4.90 Å². The molecule has 5 nitrogen and oxygen atoms in total. The number of carbonyl (C=O) groups excluding carboxylic acids is 1. The van der Waals surface area contributed by atoms with Gasteiger partial charge in [0.2, 0.25) is 5.91 Å². The maximum Gasteiger partial charge on any atom is 0.327 e. The Kier molecular flexibility index (Phi) is 5.49. The summed E-state index contributed by atoms with van der Waals surface area (Å²) < 4.78 is 0.737. The van der Waals surface area contributed by atoms with Crippen molar-refractivity contribution < 1.29 is 19.8 Å². The number of hydrogen-bond acceptors (Lipinski definition) is 4. The molecule has 0 aliphatic rings. The van der Waals surface area contributed by atoms with Gasteiger partial charge in [0.05, 0.1) is 0 Å². The van der Waals surface area contributed by atoms with Gasteiger partial charge in [-0.05, 0) is 18.2 Å². The fraction of sp³-hybridized carbons (Fsp3) is 0.273. The lowest BCUT2D eigenvalue weighted by Gasteiger charge is -2.13. The molecule has 0 heterocycles. The molecule has 1 aromatic rings. The Hall–Kier alpha value is -1.21. The summed E-state index contributed by atoms with van der Waals surface area (Å²) >= 11 is 4.38. The lowest BCUT2D eigenvalue weighted by atomic mass is 10.3. The van der Waals surface area contributed by atoms with E-state index in [4.69, 9.17) is 5.11 Å². The quantitative estimate of drug-likeness (QED) is 0.716. The highest BCUT2D eigenvalue weighted by atomic mass is 79.9. The average Bonchev–Trinajstić information content (AvgIpc) is 2.25. The minimum atomic E-state index is -1.10. The molecular weight excluding hydrogens is 322 g/mol. The molecule has 0 radical (unpaired) electrons. The van der Waals surface area contributed by atoms with Crippen molar-refractivity contribution in [1.82, 2.24) is 5.32 Å². The SMILES string of the molecule is CC(=O)N[C@@H](CSc1ccc(Br)cc1O)C(=O)O. The molecule has 1 rings (SSSR count). The summed E-state index contributed by atoms with van der Waals surface area (Å²) in [5, 5.41) is 20.9. The van der Waals surface area contributed by atoms with Crippen molar-refractivity contribution in [3.05, 3.63) is 22.7 Å². The molecule has 0 aliphatic carbocycles. The van der Waals surface area contributed by atoms with Crippen LogP contribution in [0.5, 0.6) is 5.75 Å². The third-order valence-electron chi connectivity index (χ3n) is 2.00. The second-order valence-electron chi connectivity index (χ2n) is 3.51. The minimum absolute atomic E-state index is 0.0707. The summed E-state index contributed by atoms with van der Waals surface area (Å²) in [6.45, 7) is 1.26. The summed E-state index contributed by atoms with van der Waals surface area (Å²) in [6, 6.07) is 3.97. The predicted octanol–water partition coefficient (Wildman–Crippen LogP) is 1.84. The molecule has 98 valence electrons. The zero-order valence-corrected chi connectivity index (χ0v) is 11.9. The largest absolute Gasteiger partial charge is 0.507 e. The number of aliphatic carboxylic acids is 1. The lowest BCUT2D eigenvalue weighted by molar-refractivity contribution is -0.140. The first-order valence-electron chi connectivity index (χ1n) is 5.01. The first-order chi connectivity index (χ1) is 8.40. The van der Waals surface area contributed by atoms with Crippen molar-refractivity contribution in [3.8, 4) is 5.75 Å². The van der Waals surface area contributed by atoms with Crippen molar-refractivity contribution in [2.45, 2.75) is 17.9 Å². The number of amides is 1. The van der Waals surface area contributed by atoms with Gasteiger partial charge in [0.25, 0.3) is 0 Å². The molecule has 0 fully saturated rings. The molecule has 3 N–H and O–H groups in total. The molecule has 18 heavy (non-hydrogen) atoms. The normalized spacial score (nSPS) is 11.9. The first kappa shape index (κ1) is 14.8. The molecule has 0 unspecified atom stereocenters. The minimum Gasteiger partial charge on any atom is -0.507 e. The highest BCUT2D eigenvalue weighted by molar-refractivity contribution is 9.10. The van der Waals surface area contributed by atoms with E-state index in [9.17, 15) is 14.7 Å². The van der Waals surface area contributed by atoms with E-state index in [1.54, 1.807) is 12.1 Å². The Bertz CT molecular complexity index is 466. The smallest absolute Gasteiger partial charge is 0.327 e. The van der Waals surface area contributed by atoms with Crippen LogP contribution in [-0.2, 0) is 9.59 Å². The Morgan fingerprint density at radius 1 is 1.50 bits per heavy atom. The van der Waals surface area contributed by atoms with Crippen LogP contribution in [0.2, 0.25) is 0 Å². The van der Waals surface area contributed by atoms with Crippen molar-refractivity contribution in [2.75, 3.05) is 5.75 Å². The molecule has 1 amide bonds. The van der Waals surface area contributed by atoms with Gasteiger partial charge in [0.15, 0.2) is 0 Å². The number of phenolic OH excluding ortho intramolecular Hbond substituents is 1. The van der Waals surface area contributed by atoms with Gasteiger partial charge < -0.3 is 15.5 Å². The van der Waals surface area contributed by atoms with E-state index < -0.39 is 17.9 Å². The second-order valence-corrected chi connectivity index (χ2v) is 5.49. The molecular formula is C11H12BrNO4S. The fourth-order valence-corrected chi connectivity index (χ4v) is 2.50. The third-order valence-corrected chi connectivity index (χ3v) is 3.65. The van der Waals surface area contributed by atoms with E-state index in [1.807, 2.05) is 0 Å². The standard InChI is InChI=1S/C11H12BrNO4S/c1-6(14)13-8(11(16)17)5-18-10-3-2-7(12)4-9(10)15/h2-4,8,15H,5H2,1H3,(H,13,14)(H,16,17)/t8-/m0/s1. The monoisotopic (exact) mass is 333 g/mol. The van der Waals surface area contributed by atoms with E-state index in [2.05, 4.69) is 21.2 Å². The molecule has 7 heteroatoms. The number of nitrogens with one attached hydrogen (secondary N) is 1. The Morgan fingerprint density at radius 3 is 2.67 bits per heavy atom. The Balaban J connectivity index is 2.66. The number of aromatic hydroxyl groups is 1. The van der Waals surface area contributed by atoms with Crippen LogP contribution in [-0.4, -0.2) is 33.9 Å². The molecule has 0 aromatic heterocycles. The van der Waals surface area contributed by atoms with Crippen LogP contribution in [0.1, 0.15) is 6.92 Å². The topological polar surface area (TPSA) is 86.6 Å². The fourth-order valence-electron chi connectivity index (χ4n) is 1.21. The van der Waals surface area contributed by atoms with Gasteiger partial charge in [-0.3, -0.25) is 4.79 Å². The van der Waals surface area contributed by atoms with Crippen LogP contribution in [0.3, 0.4) is 0 Å². The number of carboxylic acid groups (broad SMARTS) is 1. The van der Waals surface area contributed by atoms with Crippen LogP contribution in [0.25, 0.3) is 0 Å². The number of carboxylic acids is 1. The molecule has 0 bridgehead atoms. The van der Waals surface area contributed by atoms with Crippen LogP contribution in [0, 0.1) is 0 Å². The summed E-state index contributed by atoms with van der Waals surface area (Å²) in [5.41, 5.74) is 0. The number of halogens is 1. The first-order valence-corrected chi connectivity index (χ1v) is 6.79. The van der Waals surface area contributed by atoms with Gasteiger partial charge >= 0.3 is 5.97 Å². The highest BCUT2D eigenvalue weighted by Gasteiger charge is 2.19. The van der Waals surface area contributed by atoms with Crippen LogP contribution >= 0.6 is 27.7 Å². The van der Waals surface area contributed by atoms with Gasteiger partial charge in [0, 0.05) is 22.0 Å². The van der Waals surface area contributed by atoms with Crippen molar-refractivity contribution in [2.24, 2.45) is 0 Å². The average molecular weight is 334 g/mol. The number of phenols is 1. The summed E-state index contributed by atoms with van der Waals surface area (Å²) in [6.07, 6.45) is 0. The van der Waals surface area contributed by atoms with Crippen LogP contribution in [0.4, 0.5) is 0 Å². The summed E-state index contributed by atoms with van der Waals surface area (Å²) in [4.78, 5) is 22.3. The number of hydrogen-bond donors (Lipinski definition) is 3. The molecule has 1 aromatic carbocycles. The summed E-state index contributed by atoms with van der Waals surface area (Å²) in [7, 11) is 0. The Morgan fingerprint density at radius 2 is 2.17 bits per heavy atom. The molecule has 0 saturated heterocycles. The van der Waals surface area contributed by atoms with E-state index >= 15 is 0 Å². The van der Waals surface area contributed by atoms with Crippen molar-refractivity contribution in [3.63, 3.8) is 0 Å². The van der Waals surface area contributed by atoms with Gasteiger partial charge in [0.1, 0.15) is 11.8 Å². The lowest BCUT2D eigenvalue weighted by Crippen LogP contribution is -2.41. The number of carbonyl (C=O) groups is 2. The molecule has 0 saturated carbocycles. The molecule has 0 aliphatic heterocycles. The predicted molar refractivity (Wildman–Crippen MR) is 71.8 cm³/mol. The summed E-state index contributed by atoms with van der Waals surface area (Å²) in [5.74, 6) is -1.29. The molecule has 0 spiro atoms. The van der Waals surface area contributed by atoms with Gasteiger partial charge in [-0.25, -0.2) is 4.79 Å². The molecule has 1 atom stereocenters. The van der Waals surface area contributed by atoms with E-state index in [0.717, 1.165) is 4.47 Å². The van der Waals surface area contributed by atoms with E-state index in [-0.39, 0.29) is 11.5 Å². The maximum atomic E-state index is 10.9. The Labute approximate surface area is 117 Å². The van der Waals surface area contributed by atoms with Crippen molar-refractivity contribution >= 4 is 39.6 Å². The maximum absolute atomic E-state index is 10.9. The zero-order chi connectivity index (χ0) is 13.7. The van der Waals surface area contributed by atoms with E-state index in [1.165, 1.54) is 24.8 Å². The highest BCUT2D eigenvalue weighted by Crippen LogP contribution is 2.31. The third kappa shape index (κ3) is 4.58. The van der Waals surface area contributed by atoms with Gasteiger partial charge in [-0.15, -0.1) is 11.8 Å². The van der Waals surface area contributed by atoms with Gasteiger partial charge in [-0.2, -0.15) is 0 Å². The number of thioether (sulfide) groups is 1. The number of benzene rings is 1. The second kappa shape index (κ2) is 6.65. The van der Waals surface area contributed by atoms with Crippen LogP contribution < -0.4 is 5.32 Å².